The minimum absolute atomic E-state index is 0.111. The van der Waals surface area contributed by atoms with Crippen LogP contribution < -0.4 is 10.1 Å². The minimum atomic E-state index is -0.371. The number of methoxy groups -OCH3 is 1. The number of rotatable bonds is 4. The molecule has 0 bridgehead atoms. The number of aromatic nitrogens is 1. The zero-order valence-corrected chi connectivity index (χ0v) is 15.8. The molecule has 1 aliphatic heterocycles. The SMILES string of the molecule is COc1ccc(C)cc1NC(=O)c1cccc(C(=O)N2CCCCCC2)n1. The van der Waals surface area contributed by atoms with Gasteiger partial charge in [-0.15, -0.1) is 0 Å². The summed E-state index contributed by atoms with van der Waals surface area (Å²) < 4.78 is 5.29. The van der Waals surface area contributed by atoms with Crippen LogP contribution in [-0.4, -0.2) is 41.9 Å². The molecule has 1 saturated heterocycles. The van der Waals surface area contributed by atoms with Gasteiger partial charge >= 0.3 is 0 Å². The maximum atomic E-state index is 12.7. The molecule has 0 aliphatic carbocycles. The predicted octanol–water partition coefficient (Wildman–Crippen LogP) is 3.67. The third-order valence-corrected chi connectivity index (χ3v) is 4.70. The van der Waals surface area contributed by atoms with Crippen LogP contribution in [0.15, 0.2) is 36.4 Å². The van der Waals surface area contributed by atoms with Crippen molar-refractivity contribution in [2.75, 3.05) is 25.5 Å². The number of likely N-dealkylation sites (tertiary alicyclic amines) is 1. The first-order chi connectivity index (χ1) is 13.1. The Balaban J connectivity index is 1.77. The van der Waals surface area contributed by atoms with E-state index in [1.165, 1.54) is 0 Å². The molecule has 0 unspecified atom stereocenters. The normalized spacial score (nSPS) is 14.4. The van der Waals surface area contributed by atoms with Gasteiger partial charge < -0.3 is 15.0 Å². The fraction of sp³-hybridized carbons (Fsp3) is 0.381. The number of amides is 2. The molecule has 0 spiro atoms. The molecule has 0 atom stereocenters. The second kappa shape index (κ2) is 8.66. The molecular weight excluding hydrogens is 342 g/mol. The maximum Gasteiger partial charge on any atom is 0.274 e. The van der Waals surface area contributed by atoms with Gasteiger partial charge in [0.15, 0.2) is 0 Å². The zero-order valence-electron chi connectivity index (χ0n) is 15.8. The molecule has 1 fully saturated rings. The van der Waals surface area contributed by atoms with Crippen molar-refractivity contribution >= 4 is 17.5 Å². The van der Waals surface area contributed by atoms with Crippen molar-refractivity contribution in [2.45, 2.75) is 32.6 Å². The van der Waals surface area contributed by atoms with E-state index in [4.69, 9.17) is 4.74 Å². The molecule has 1 aromatic heterocycles. The van der Waals surface area contributed by atoms with Gasteiger partial charge in [-0.25, -0.2) is 4.98 Å². The average Bonchev–Trinajstić information content (AvgIpc) is 2.97. The number of ether oxygens (including phenoxy) is 1. The average molecular weight is 367 g/mol. The Kier molecular flexibility index (Phi) is 6.06. The zero-order chi connectivity index (χ0) is 19.2. The number of aryl methyl sites for hydroxylation is 1. The summed E-state index contributed by atoms with van der Waals surface area (Å²) >= 11 is 0. The summed E-state index contributed by atoms with van der Waals surface area (Å²) in [4.78, 5) is 31.5. The monoisotopic (exact) mass is 367 g/mol. The molecule has 2 aromatic rings. The van der Waals surface area contributed by atoms with E-state index in [9.17, 15) is 9.59 Å². The molecule has 6 heteroatoms. The number of hydrogen-bond donors (Lipinski definition) is 1. The molecular formula is C21H25N3O3. The molecule has 6 nitrogen and oxygen atoms in total. The van der Waals surface area contributed by atoms with Crippen LogP contribution in [0.3, 0.4) is 0 Å². The Morgan fingerprint density at radius 1 is 1.04 bits per heavy atom. The Labute approximate surface area is 159 Å². The summed E-state index contributed by atoms with van der Waals surface area (Å²) in [6.45, 7) is 3.43. The second-order valence-corrected chi connectivity index (χ2v) is 6.77. The number of carbonyl (C=O) groups is 2. The lowest BCUT2D eigenvalue weighted by Gasteiger charge is -2.19. The summed E-state index contributed by atoms with van der Waals surface area (Å²) in [6.07, 6.45) is 4.33. The van der Waals surface area contributed by atoms with E-state index in [0.717, 1.165) is 44.3 Å². The van der Waals surface area contributed by atoms with Crippen molar-refractivity contribution in [1.82, 2.24) is 9.88 Å². The summed E-state index contributed by atoms with van der Waals surface area (Å²) in [6, 6.07) is 10.5. The van der Waals surface area contributed by atoms with Crippen molar-refractivity contribution in [1.29, 1.82) is 0 Å². The van der Waals surface area contributed by atoms with Crippen LogP contribution in [0.25, 0.3) is 0 Å². The lowest BCUT2D eigenvalue weighted by molar-refractivity contribution is 0.0755. The molecule has 0 radical (unpaired) electrons. The van der Waals surface area contributed by atoms with E-state index >= 15 is 0 Å². The predicted molar refractivity (Wildman–Crippen MR) is 104 cm³/mol. The molecule has 3 rings (SSSR count). The van der Waals surface area contributed by atoms with Crippen molar-refractivity contribution in [2.24, 2.45) is 0 Å². The molecule has 1 aliphatic rings. The first-order valence-electron chi connectivity index (χ1n) is 9.31. The van der Waals surface area contributed by atoms with Crippen LogP contribution in [0.5, 0.6) is 5.75 Å². The third kappa shape index (κ3) is 4.64. The smallest absolute Gasteiger partial charge is 0.274 e. The van der Waals surface area contributed by atoms with Crippen LogP contribution in [0.1, 0.15) is 52.2 Å². The fourth-order valence-electron chi connectivity index (χ4n) is 3.22. The van der Waals surface area contributed by atoms with E-state index in [1.807, 2.05) is 24.0 Å². The Hall–Kier alpha value is -2.89. The van der Waals surface area contributed by atoms with Gasteiger partial charge in [0, 0.05) is 13.1 Å². The summed E-state index contributed by atoms with van der Waals surface area (Å²) in [5.74, 6) is 0.0925. The maximum absolute atomic E-state index is 12.7. The Morgan fingerprint density at radius 3 is 2.44 bits per heavy atom. The second-order valence-electron chi connectivity index (χ2n) is 6.77. The summed E-state index contributed by atoms with van der Waals surface area (Å²) in [7, 11) is 1.55. The summed E-state index contributed by atoms with van der Waals surface area (Å²) in [5, 5.41) is 2.82. The van der Waals surface area contributed by atoms with Gasteiger partial charge in [-0.2, -0.15) is 0 Å². The van der Waals surface area contributed by atoms with E-state index in [-0.39, 0.29) is 17.5 Å². The highest BCUT2D eigenvalue weighted by atomic mass is 16.5. The van der Waals surface area contributed by atoms with Crippen LogP contribution in [0.4, 0.5) is 5.69 Å². The number of hydrogen-bond acceptors (Lipinski definition) is 4. The molecule has 1 aromatic carbocycles. The van der Waals surface area contributed by atoms with Gasteiger partial charge in [0.25, 0.3) is 11.8 Å². The standard InChI is InChI=1S/C21H25N3O3/c1-15-10-11-19(27-2)18(14-15)23-20(25)16-8-7-9-17(22-16)21(26)24-12-5-3-4-6-13-24/h7-11,14H,3-6,12-13H2,1-2H3,(H,23,25). The van der Waals surface area contributed by atoms with E-state index in [2.05, 4.69) is 10.3 Å². The van der Waals surface area contributed by atoms with Crippen LogP contribution in [-0.2, 0) is 0 Å². The van der Waals surface area contributed by atoms with E-state index in [0.29, 0.717) is 17.1 Å². The first-order valence-corrected chi connectivity index (χ1v) is 9.31. The molecule has 1 N–H and O–H groups in total. The Bertz CT molecular complexity index is 827. The highest BCUT2D eigenvalue weighted by Crippen LogP contribution is 2.25. The van der Waals surface area contributed by atoms with Gasteiger partial charge in [-0.05, 0) is 49.6 Å². The number of carbonyl (C=O) groups excluding carboxylic acids is 2. The first kappa shape index (κ1) is 18.9. The van der Waals surface area contributed by atoms with Crippen molar-refractivity contribution in [3.8, 4) is 5.75 Å². The topological polar surface area (TPSA) is 71.5 Å². The van der Waals surface area contributed by atoms with Gasteiger partial charge in [-0.1, -0.05) is 25.0 Å². The van der Waals surface area contributed by atoms with Crippen molar-refractivity contribution < 1.29 is 14.3 Å². The highest BCUT2D eigenvalue weighted by Gasteiger charge is 2.20. The van der Waals surface area contributed by atoms with Crippen LogP contribution in [0, 0.1) is 6.92 Å². The molecule has 27 heavy (non-hydrogen) atoms. The van der Waals surface area contributed by atoms with Gasteiger partial charge in [0.05, 0.1) is 12.8 Å². The molecule has 0 saturated carbocycles. The third-order valence-electron chi connectivity index (χ3n) is 4.70. The lowest BCUT2D eigenvalue weighted by atomic mass is 10.2. The molecule has 142 valence electrons. The number of benzene rings is 1. The van der Waals surface area contributed by atoms with Gasteiger partial charge in [-0.3, -0.25) is 9.59 Å². The number of anilines is 1. The number of pyridine rings is 1. The van der Waals surface area contributed by atoms with E-state index in [1.54, 1.807) is 31.4 Å². The number of nitrogens with one attached hydrogen (secondary N) is 1. The van der Waals surface area contributed by atoms with Crippen LogP contribution in [0.2, 0.25) is 0 Å². The molecule has 2 heterocycles. The van der Waals surface area contributed by atoms with Gasteiger partial charge in [0.1, 0.15) is 17.1 Å². The minimum Gasteiger partial charge on any atom is -0.495 e. The fourth-order valence-corrected chi connectivity index (χ4v) is 3.22. The largest absolute Gasteiger partial charge is 0.495 e. The molecule has 2 amide bonds. The summed E-state index contributed by atoms with van der Waals surface area (Å²) in [5.41, 5.74) is 2.10. The van der Waals surface area contributed by atoms with E-state index < -0.39 is 0 Å². The lowest BCUT2D eigenvalue weighted by Crippen LogP contribution is -2.32. The quantitative estimate of drug-likeness (QED) is 0.895. The van der Waals surface area contributed by atoms with Crippen LogP contribution >= 0.6 is 0 Å². The Morgan fingerprint density at radius 2 is 1.74 bits per heavy atom. The van der Waals surface area contributed by atoms with Crippen molar-refractivity contribution in [3.05, 3.63) is 53.3 Å². The van der Waals surface area contributed by atoms with Crippen molar-refractivity contribution in [3.63, 3.8) is 0 Å². The van der Waals surface area contributed by atoms with Gasteiger partial charge in [0.2, 0.25) is 0 Å². The highest BCUT2D eigenvalue weighted by molar-refractivity contribution is 6.04. The number of nitrogens with zero attached hydrogens (tertiary/aromatic N) is 2.